The topological polar surface area (TPSA) is 83.5 Å². The predicted molar refractivity (Wildman–Crippen MR) is 58.2 cm³/mol. The van der Waals surface area contributed by atoms with Gasteiger partial charge < -0.3 is 5.11 Å². The quantitative estimate of drug-likeness (QED) is 0.616. The number of nitrogens with one attached hydrogen (secondary N) is 1. The molecule has 0 aliphatic rings. The lowest BCUT2D eigenvalue weighted by Crippen LogP contribution is -2.36. The van der Waals surface area contributed by atoms with Crippen molar-refractivity contribution in [2.45, 2.75) is 45.6 Å². The van der Waals surface area contributed by atoms with Crippen molar-refractivity contribution < 1.29 is 18.3 Å². The van der Waals surface area contributed by atoms with Gasteiger partial charge in [0.05, 0.1) is 0 Å². The molecule has 90 valence electrons. The molecule has 0 rings (SSSR count). The van der Waals surface area contributed by atoms with Crippen LogP contribution in [0.4, 0.5) is 0 Å². The number of carboxylic acids is 1. The lowest BCUT2D eigenvalue weighted by atomic mass is 10.1. The Morgan fingerprint density at radius 2 is 2.00 bits per heavy atom. The van der Waals surface area contributed by atoms with Crippen LogP contribution in [-0.2, 0) is 14.8 Å². The third-order valence-corrected chi connectivity index (χ3v) is 3.32. The van der Waals surface area contributed by atoms with Crippen molar-refractivity contribution in [3.05, 3.63) is 0 Å². The first-order chi connectivity index (χ1) is 6.87. The van der Waals surface area contributed by atoms with Gasteiger partial charge in [-0.2, -0.15) is 0 Å². The molecular weight excluding hydrogens is 218 g/mol. The molecule has 5 nitrogen and oxygen atoms in total. The fourth-order valence-corrected chi connectivity index (χ4v) is 2.41. The van der Waals surface area contributed by atoms with E-state index < -0.39 is 21.7 Å². The van der Waals surface area contributed by atoms with Crippen LogP contribution in [0.15, 0.2) is 0 Å². The van der Waals surface area contributed by atoms with Gasteiger partial charge in [-0.25, -0.2) is 13.1 Å². The highest BCUT2D eigenvalue weighted by Gasteiger charge is 2.17. The lowest BCUT2D eigenvalue weighted by Gasteiger charge is -2.12. The summed E-state index contributed by atoms with van der Waals surface area (Å²) in [6, 6.07) is -0.194. The molecule has 6 heteroatoms. The molecule has 0 radical (unpaired) electrons. The van der Waals surface area contributed by atoms with Gasteiger partial charge in [0.1, 0.15) is 0 Å². The highest BCUT2D eigenvalue weighted by Crippen LogP contribution is 2.03. The Bertz CT molecular complexity index is 286. The van der Waals surface area contributed by atoms with E-state index in [2.05, 4.69) is 11.6 Å². The monoisotopic (exact) mass is 237 g/mol. The maximum absolute atomic E-state index is 11.2. The molecule has 0 heterocycles. The van der Waals surface area contributed by atoms with Crippen molar-refractivity contribution >= 4 is 16.0 Å². The Morgan fingerprint density at radius 3 is 2.47 bits per heavy atom. The number of carboxylic acid groups (broad SMARTS) is 1. The van der Waals surface area contributed by atoms with E-state index in [9.17, 15) is 13.2 Å². The molecule has 0 saturated heterocycles. The van der Waals surface area contributed by atoms with Crippen LogP contribution in [0.25, 0.3) is 0 Å². The number of hydrogen-bond donors (Lipinski definition) is 2. The van der Waals surface area contributed by atoms with Crippen LogP contribution in [0.5, 0.6) is 0 Å². The van der Waals surface area contributed by atoms with Gasteiger partial charge in [0, 0.05) is 6.04 Å². The molecule has 0 aromatic heterocycles. The van der Waals surface area contributed by atoms with Gasteiger partial charge in [-0.15, -0.1) is 0 Å². The van der Waals surface area contributed by atoms with Crippen molar-refractivity contribution in [3.63, 3.8) is 0 Å². The van der Waals surface area contributed by atoms with Crippen LogP contribution in [0, 0.1) is 0 Å². The van der Waals surface area contributed by atoms with E-state index in [0.29, 0.717) is 0 Å². The number of hydrogen-bond acceptors (Lipinski definition) is 3. The first kappa shape index (κ1) is 14.4. The SMILES string of the molecule is CCCCCC(C)NS(=O)(=O)CC(=O)O. The molecule has 0 amide bonds. The second-order valence-electron chi connectivity index (χ2n) is 3.67. The van der Waals surface area contributed by atoms with Gasteiger partial charge in [0.25, 0.3) is 0 Å². The molecule has 0 spiro atoms. The summed E-state index contributed by atoms with van der Waals surface area (Å²) in [6.07, 6.45) is 3.83. The fourth-order valence-electron chi connectivity index (χ4n) is 1.27. The first-order valence-corrected chi connectivity index (χ1v) is 6.74. The number of sulfonamides is 1. The zero-order chi connectivity index (χ0) is 11.9. The van der Waals surface area contributed by atoms with Crippen LogP contribution in [-0.4, -0.2) is 31.3 Å². The van der Waals surface area contributed by atoms with Gasteiger partial charge >= 0.3 is 5.97 Å². The third-order valence-electron chi connectivity index (χ3n) is 1.93. The summed E-state index contributed by atoms with van der Waals surface area (Å²) >= 11 is 0. The summed E-state index contributed by atoms with van der Waals surface area (Å²) in [4.78, 5) is 10.2. The maximum atomic E-state index is 11.2. The minimum Gasteiger partial charge on any atom is -0.480 e. The van der Waals surface area contributed by atoms with Crippen molar-refractivity contribution in [2.75, 3.05) is 5.75 Å². The highest BCUT2D eigenvalue weighted by molar-refractivity contribution is 7.90. The van der Waals surface area contributed by atoms with Crippen LogP contribution in [0.1, 0.15) is 39.5 Å². The number of unbranched alkanes of at least 4 members (excludes halogenated alkanes) is 2. The summed E-state index contributed by atoms with van der Waals surface area (Å²) in [5, 5.41) is 8.36. The van der Waals surface area contributed by atoms with Gasteiger partial charge in [0.2, 0.25) is 10.0 Å². The van der Waals surface area contributed by atoms with E-state index in [-0.39, 0.29) is 6.04 Å². The normalized spacial score (nSPS) is 13.7. The summed E-state index contributed by atoms with van der Waals surface area (Å²) < 4.78 is 24.7. The van der Waals surface area contributed by atoms with Crippen LogP contribution < -0.4 is 4.72 Å². The Hall–Kier alpha value is -0.620. The largest absolute Gasteiger partial charge is 0.480 e. The van der Waals surface area contributed by atoms with Crippen molar-refractivity contribution in [1.82, 2.24) is 4.72 Å². The molecule has 1 atom stereocenters. The highest BCUT2D eigenvalue weighted by atomic mass is 32.2. The number of rotatable bonds is 8. The molecule has 0 aliphatic carbocycles. The second kappa shape index (κ2) is 6.79. The number of carbonyl (C=O) groups is 1. The molecule has 0 bridgehead atoms. The zero-order valence-electron chi connectivity index (χ0n) is 9.19. The van der Waals surface area contributed by atoms with Crippen LogP contribution in [0.3, 0.4) is 0 Å². The molecule has 0 aliphatic heterocycles. The lowest BCUT2D eigenvalue weighted by molar-refractivity contribution is -0.134. The van der Waals surface area contributed by atoms with Crippen LogP contribution in [0.2, 0.25) is 0 Å². The average Bonchev–Trinajstić information content (AvgIpc) is 2.00. The molecule has 0 aromatic rings. The fraction of sp³-hybridized carbons (Fsp3) is 0.889. The first-order valence-electron chi connectivity index (χ1n) is 5.09. The summed E-state index contributed by atoms with van der Waals surface area (Å²) in [6.45, 7) is 3.81. The van der Waals surface area contributed by atoms with E-state index in [4.69, 9.17) is 5.11 Å². The average molecular weight is 237 g/mol. The van der Waals surface area contributed by atoms with Gasteiger partial charge in [0.15, 0.2) is 5.75 Å². The minimum atomic E-state index is -3.67. The number of aliphatic carboxylic acids is 1. The van der Waals surface area contributed by atoms with E-state index >= 15 is 0 Å². The Balaban J connectivity index is 3.94. The van der Waals surface area contributed by atoms with Crippen molar-refractivity contribution in [3.8, 4) is 0 Å². The Labute approximate surface area is 90.9 Å². The van der Waals surface area contributed by atoms with E-state index in [1.54, 1.807) is 6.92 Å². The molecule has 15 heavy (non-hydrogen) atoms. The Kier molecular flexibility index (Phi) is 6.51. The van der Waals surface area contributed by atoms with Crippen LogP contribution >= 0.6 is 0 Å². The summed E-state index contributed by atoms with van der Waals surface area (Å²) in [5.41, 5.74) is 0. The standard InChI is InChI=1S/C9H19NO4S/c1-3-4-5-6-8(2)10-15(13,14)7-9(11)12/h8,10H,3-7H2,1-2H3,(H,11,12). The summed E-state index contributed by atoms with van der Waals surface area (Å²) in [7, 11) is -3.67. The summed E-state index contributed by atoms with van der Waals surface area (Å²) in [5.74, 6) is -2.19. The van der Waals surface area contributed by atoms with E-state index in [1.165, 1.54) is 0 Å². The Morgan fingerprint density at radius 1 is 1.40 bits per heavy atom. The molecule has 0 fully saturated rings. The molecule has 0 aromatic carbocycles. The maximum Gasteiger partial charge on any atom is 0.320 e. The smallest absolute Gasteiger partial charge is 0.320 e. The molecule has 1 unspecified atom stereocenters. The predicted octanol–water partition coefficient (Wildman–Crippen LogP) is 0.959. The molecule has 0 saturated carbocycles. The zero-order valence-corrected chi connectivity index (χ0v) is 10.0. The van der Waals surface area contributed by atoms with Gasteiger partial charge in [-0.05, 0) is 13.3 Å². The third kappa shape index (κ3) is 8.38. The molecular formula is C9H19NO4S. The van der Waals surface area contributed by atoms with Gasteiger partial charge in [-0.1, -0.05) is 26.2 Å². The second-order valence-corrected chi connectivity index (χ2v) is 5.42. The van der Waals surface area contributed by atoms with Gasteiger partial charge in [-0.3, -0.25) is 4.79 Å². The van der Waals surface area contributed by atoms with E-state index in [0.717, 1.165) is 25.7 Å². The minimum absolute atomic E-state index is 0.194. The molecule has 2 N–H and O–H groups in total. The van der Waals surface area contributed by atoms with Crippen molar-refractivity contribution in [1.29, 1.82) is 0 Å². The van der Waals surface area contributed by atoms with E-state index in [1.807, 2.05) is 0 Å². The van der Waals surface area contributed by atoms with Crippen molar-refractivity contribution in [2.24, 2.45) is 0 Å².